The van der Waals surface area contributed by atoms with E-state index < -0.39 is 0 Å². The quantitative estimate of drug-likeness (QED) is 0.681. The zero-order chi connectivity index (χ0) is 10.9. The first-order chi connectivity index (χ1) is 7.33. The zero-order valence-corrected chi connectivity index (χ0v) is 9.85. The van der Waals surface area contributed by atoms with Crippen LogP contribution < -0.4 is 10.6 Å². The topological polar surface area (TPSA) is 41.1 Å². The molecule has 0 aromatic carbocycles. The Morgan fingerprint density at radius 2 is 1.87 bits per heavy atom. The van der Waals surface area contributed by atoms with Gasteiger partial charge in [0.25, 0.3) is 0 Å². The molecule has 0 heterocycles. The van der Waals surface area contributed by atoms with E-state index in [2.05, 4.69) is 10.6 Å². The minimum atomic E-state index is 0.117. The standard InChI is InChI=1S/C12H24N2O/c1-2-14-12(15)10-13-9-11-7-5-3-4-6-8-11/h11,13H,2-10H2,1H3,(H,14,15). The summed E-state index contributed by atoms with van der Waals surface area (Å²) in [7, 11) is 0. The van der Waals surface area contributed by atoms with Crippen LogP contribution in [0, 0.1) is 5.92 Å². The molecule has 1 amide bonds. The molecule has 3 heteroatoms. The second kappa shape index (κ2) is 7.69. The Balaban J connectivity index is 2.05. The Bertz CT molecular complexity index is 174. The number of hydrogen-bond donors (Lipinski definition) is 2. The first-order valence-corrected chi connectivity index (χ1v) is 6.30. The molecular weight excluding hydrogens is 188 g/mol. The molecule has 0 bridgehead atoms. The highest BCUT2D eigenvalue weighted by molar-refractivity contribution is 5.77. The smallest absolute Gasteiger partial charge is 0.233 e. The lowest BCUT2D eigenvalue weighted by atomic mass is 10.0. The average Bonchev–Trinajstić information content (AvgIpc) is 2.47. The summed E-state index contributed by atoms with van der Waals surface area (Å²) in [6, 6.07) is 0. The largest absolute Gasteiger partial charge is 0.355 e. The van der Waals surface area contributed by atoms with Gasteiger partial charge in [-0.3, -0.25) is 4.79 Å². The van der Waals surface area contributed by atoms with Crippen molar-refractivity contribution >= 4 is 5.91 Å². The molecule has 1 aliphatic carbocycles. The molecular formula is C12H24N2O. The van der Waals surface area contributed by atoms with Crippen molar-refractivity contribution in [3.63, 3.8) is 0 Å². The molecule has 0 aromatic heterocycles. The summed E-state index contributed by atoms with van der Waals surface area (Å²) in [5.41, 5.74) is 0. The van der Waals surface area contributed by atoms with Crippen molar-refractivity contribution < 1.29 is 4.79 Å². The van der Waals surface area contributed by atoms with Gasteiger partial charge >= 0.3 is 0 Å². The van der Waals surface area contributed by atoms with Crippen LogP contribution in [-0.2, 0) is 4.79 Å². The molecule has 1 saturated carbocycles. The summed E-state index contributed by atoms with van der Waals surface area (Å²) in [6.07, 6.45) is 8.20. The molecule has 0 saturated heterocycles. The summed E-state index contributed by atoms with van der Waals surface area (Å²) in [5.74, 6) is 0.910. The Morgan fingerprint density at radius 1 is 1.20 bits per heavy atom. The van der Waals surface area contributed by atoms with Crippen LogP contribution in [0.25, 0.3) is 0 Å². The lowest BCUT2D eigenvalue weighted by Crippen LogP contribution is -2.35. The highest BCUT2D eigenvalue weighted by atomic mass is 16.1. The van der Waals surface area contributed by atoms with Gasteiger partial charge in [0.05, 0.1) is 6.54 Å². The molecule has 1 rings (SSSR count). The highest BCUT2D eigenvalue weighted by Crippen LogP contribution is 2.21. The molecule has 0 spiro atoms. The Labute approximate surface area is 93.0 Å². The molecule has 1 aliphatic rings. The van der Waals surface area contributed by atoms with Gasteiger partial charge in [0.2, 0.25) is 5.91 Å². The number of likely N-dealkylation sites (N-methyl/N-ethyl adjacent to an activating group) is 1. The predicted octanol–water partition coefficient (Wildman–Crippen LogP) is 1.68. The van der Waals surface area contributed by atoms with E-state index in [0.29, 0.717) is 6.54 Å². The number of carbonyl (C=O) groups is 1. The third-order valence-corrected chi connectivity index (χ3v) is 3.07. The van der Waals surface area contributed by atoms with E-state index in [1.54, 1.807) is 0 Å². The van der Waals surface area contributed by atoms with Crippen molar-refractivity contribution in [1.82, 2.24) is 10.6 Å². The lowest BCUT2D eigenvalue weighted by Gasteiger charge is -2.14. The Kier molecular flexibility index (Phi) is 6.41. The van der Waals surface area contributed by atoms with E-state index in [0.717, 1.165) is 19.0 Å². The maximum absolute atomic E-state index is 11.2. The number of amides is 1. The van der Waals surface area contributed by atoms with Gasteiger partial charge in [-0.15, -0.1) is 0 Å². The number of carbonyl (C=O) groups excluding carboxylic acids is 1. The van der Waals surface area contributed by atoms with Gasteiger partial charge in [0, 0.05) is 6.54 Å². The molecule has 0 atom stereocenters. The predicted molar refractivity (Wildman–Crippen MR) is 62.7 cm³/mol. The summed E-state index contributed by atoms with van der Waals surface area (Å²) < 4.78 is 0. The van der Waals surface area contributed by atoms with Gasteiger partial charge < -0.3 is 10.6 Å². The highest BCUT2D eigenvalue weighted by Gasteiger charge is 2.11. The second-order valence-electron chi connectivity index (χ2n) is 4.44. The van der Waals surface area contributed by atoms with Gasteiger partial charge in [0.1, 0.15) is 0 Å². The van der Waals surface area contributed by atoms with Crippen LogP contribution >= 0.6 is 0 Å². The maximum Gasteiger partial charge on any atom is 0.233 e. The van der Waals surface area contributed by atoms with Crippen molar-refractivity contribution in [2.24, 2.45) is 5.92 Å². The molecule has 2 N–H and O–H groups in total. The van der Waals surface area contributed by atoms with Crippen molar-refractivity contribution in [2.75, 3.05) is 19.6 Å². The van der Waals surface area contributed by atoms with Crippen LogP contribution in [0.1, 0.15) is 45.4 Å². The molecule has 3 nitrogen and oxygen atoms in total. The molecule has 1 fully saturated rings. The van der Waals surface area contributed by atoms with Crippen LogP contribution in [0.3, 0.4) is 0 Å². The minimum Gasteiger partial charge on any atom is -0.355 e. The van der Waals surface area contributed by atoms with Crippen LogP contribution in [-0.4, -0.2) is 25.5 Å². The van der Waals surface area contributed by atoms with E-state index in [4.69, 9.17) is 0 Å². The van der Waals surface area contributed by atoms with Gasteiger partial charge in [-0.05, 0) is 32.2 Å². The van der Waals surface area contributed by atoms with Crippen molar-refractivity contribution in [3.05, 3.63) is 0 Å². The van der Waals surface area contributed by atoms with Gasteiger partial charge in [-0.25, -0.2) is 0 Å². The fourth-order valence-electron chi connectivity index (χ4n) is 2.22. The summed E-state index contributed by atoms with van der Waals surface area (Å²) >= 11 is 0. The zero-order valence-electron chi connectivity index (χ0n) is 9.85. The second-order valence-corrected chi connectivity index (χ2v) is 4.44. The van der Waals surface area contributed by atoms with Crippen LogP contribution in [0.2, 0.25) is 0 Å². The van der Waals surface area contributed by atoms with Crippen molar-refractivity contribution in [3.8, 4) is 0 Å². The van der Waals surface area contributed by atoms with E-state index in [1.807, 2.05) is 6.92 Å². The Morgan fingerprint density at radius 3 is 2.47 bits per heavy atom. The van der Waals surface area contributed by atoms with Crippen molar-refractivity contribution in [1.29, 1.82) is 0 Å². The third-order valence-electron chi connectivity index (χ3n) is 3.07. The molecule has 0 unspecified atom stereocenters. The van der Waals surface area contributed by atoms with E-state index in [9.17, 15) is 4.79 Å². The molecule has 0 aliphatic heterocycles. The van der Waals surface area contributed by atoms with Gasteiger partial charge in [-0.1, -0.05) is 25.7 Å². The normalized spacial score (nSPS) is 18.5. The van der Waals surface area contributed by atoms with Crippen LogP contribution in [0.15, 0.2) is 0 Å². The monoisotopic (exact) mass is 212 g/mol. The van der Waals surface area contributed by atoms with E-state index in [1.165, 1.54) is 38.5 Å². The molecule has 0 radical (unpaired) electrons. The molecule has 0 aromatic rings. The number of rotatable bonds is 5. The van der Waals surface area contributed by atoms with E-state index >= 15 is 0 Å². The van der Waals surface area contributed by atoms with Gasteiger partial charge in [0.15, 0.2) is 0 Å². The molecule has 15 heavy (non-hydrogen) atoms. The molecule has 88 valence electrons. The SMILES string of the molecule is CCNC(=O)CNCC1CCCCCC1. The summed E-state index contributed by atoms with van der Waals surface area (Å²) in [6.45, 7) is 4.16. The third kappa shape index (κ3) is 5.78. The summed E-state index contributed by atoms with van der Waals surface area (Å²) in [4.78, 5) is 11.2. The van der Waals surface area contributed by atoms with Crippen LogP contribution in [0.4, 0.5) is 0 Å². The van der Waals surface area contributed by atoms with E-state index in [-0.39, 0.29) is 5.91 Å². The van der Waals surface area contributed by atoms with Gasteiger partial charge in [-0.2, -0.15) is 0 Å². The number of nitrogens with one attached hydrogen (secondary N) is 2. The fourth-order valence-corrected chi connectivity index (χ4v) is 2.22. The first-order valence-electron chi connectivity index (χ1n) is 6.30. The van der Waals surface area contributed by atoms with Crippen molar-refractivity contribution in [2.45, 2.75) is 45.4 Å². The minimum absolute atomic E-state index is 0.117. The first kappa shape index (κ1) is 12.5. The van der Waals surface area contributed by atoms with Crippen LogP contribution in [0.5, 0.6) is 0 Å². The Hall–Kier alpha value is -0.570. The fraction of sp³-hybridized carbons (Fsp3) is 0.917. The average molecular weight is 212 g/mol. The summed E-state index contributed by atoms with van der Waals surface area (Å²) in [5, 5.41) is 6.05. The number of hydrogen-bond acceptors (Lipinski definition) is 2. The lowest BCUT2D eigenvalue weighted by molar-refractivity contribution is -0.120. The maximum atomic E-state index is 11.2.